The molecule has 20 heavy (non-hydrogen) atoms. The molecule has 0 radical (unpaired) electrons. The zero-order valence-corrected chi connectivity index (χ0v) is 19.0. The third kappa shape index (κ3) is 19.8. The van der Waals surface area contributed by atoms with E-state index in [1.54, 1.807) is 0 Å². The Labute approximate surface area is 145 Å². The Kier molecular flexibility index (Phi) is 22.6. The molecule has 0 saturated heterocycles. The third-order valence-electron chi connectivity index (χ3n) is 2.56. The van der Waals surface area contributed by atoms with Crippen LogP contribution in [0.15, 0.2) is 0 Å². The van der Waals surface area contributed by atoms with Gasteiger partial charge in [0.25, 0.3) is 0 Å². The highest BCUT2D eigenvalue weighted by atomic mass is 33.7. The quantitative estimate of drug-likeness (QED) is 0.213. The van der Waals surface area contributed by atoms with E-state index in [0.29, 0.717) is 0 Å². The first-order valence-electron chi connectivity index (χ1n) is 7.65. The van der Waals surface area contributed by atoms with Crippen molar-refractivity contribution in [2.24, 2.45) is 0 Å². The first kappa shape index (κ1) is 21.8. The molecule has 0 bridgehead atoms. The van der Waals surface area contributed by atoms with Crippen molar-refractivity contribution in [2.75, 3.05) is 37.2 Å². The van der Waals surface area contributed by atoms with Gasteiger partial charge in [-0.2, -0.15) is 0 Å². The molecule has 0 aliphatic carbocycles. The number of ether oxygens (including phenoxy) is 2. The average molecular weight is 391 g/mol. The summed E-state index contributed by atoms with van der Waals surface area (Å²) in [6, 6.07) is 2.88. The van der Waals surface area contributed by atoms with E-state index in [1.807, 2.05) is 41.2 Å². The minimum Gasteiger partial charge on any atom is -0.386 e. The molecule has 0 rings (SSSR count). The molecule has 0 aliphatic rings. The lowest BCUT2D eigenvalue weighted by molar-refractivity contribution is 0.192. The van der Waals surface area contributed by atoms with Crippen molar-refractivity contribution in [3.63, 3.8) is 0 Å². The molecule has 0 saturated carbocycles. The van der Waals surface area contributed by atoms with Crippen molar-refractivity contribution in [3.05, 3.63) is 0 Å². The second kappa shape index (κ2) is 20.8. The average Bonchev–Trinajstić information content (AvgIpc) is 2.47. The fourth-order valence-electron chi connectivity index (χ4n) is 1.48. The molecular formula is C12H30O2S4Si2. The minimum absolute atomic E-state index is 0.0771. The van der Waals surface area contributed by atoms with E-state index in [2.05, 4.69) is 13.8 Å². The molecule has 0 aromatic rings. The Balaban J connectivity index is 2.89. The van der Waals surface area contributed by atoms with Crippen molar-refractivity contribution >= 4 is 60.3 Å². The number of rotatable bonds is 17. The molecular weight excluding hydrogens is 361 g/mol. The van der Waals surface area contributed by atoms with E-state index < -0.39 is 0 Å². The summed E-state index contributed by atoms with van der Waals surface area (Å²) < 4.78 is 10.8. The molecule has 0 amide bonds. The third-order valence-corrected chi connectivity index (χ3v) is 12.4. The summed E-state index contributed by atoms with van der Waals surface area (Å²) in [5, 5.41) is 0. The monoisotopic (exact) mass is 390 g/mol. The molecule has 0 aliphatic heterocycles. The maximum atomic E-state index is 5.38. The normalized spacial score (nSPS) is 12.3. The van der Waals surface area contributed by atoms with Gasteiger partial charge in [0.05, 0.1) is 19.0 Å². The molecule has 8 heteroatoms. The molecule has 0 aromatic carbocycles. The predicted molar refractivity (Wildman–Crippen MR) is 109 cm³/mol. The summed E-state index contributed by atoms with van der Waals surface area (Å²) >= 11 is 0. The van der Waals surface area contributed by atoms with Crippen molar-refractivity contribution in [3.8, 4) is 0 Å². The maximum absolute atomic E-state index is 5.38. The number of hydrogen-bond donors (Lipinski definition) is 0. The molecule has 0 spiro atoms. The fraction of sp³-hybridized carbons (Fsp3) is 1.00. The van der Waals surface area contributed by atoms with Crippen LogP contribution in [0, 0.1) is 0 Å². The predicted octanol–water partition coefficient (Wildman–Crippen LogP) is 3.61. The lowest BCUT2D eigenvalue weighted by atomic mass is 10.6. The van der Waals surface area contributed by atoms with Crippen LogP contribution in [0.25, 0.3) is 0 Å². The van der Waals surface area contributed by atoms with Gasteiger partial charge in [-0.15, -0.1) is 0 Å². The van der Waals surface area contributed by atoms with E-state index in [9.17, 15) is 0 Å². The lowest BCUT2D eigenvalue weighted by Gasteiger charge is -2.02. The first-order chi connectivity index (χ1) is 9.91. The van der Waals surface area contributed by atoms with Gasteiger partial charge in [0.1, 0.15) is 0 Å². The zero-order chi connectivity index (χ0) is 14.7. The Morgan fingerprint density at radius 2 is 1.20 bits per heavy atom. The van der Waals surface area contributed by atoms with E-state index >= 15 is 0 Å². The standard InChI is InChI=1S/C12H30O2S4Si2/c1-3-13-11-19-9-5-7-15-17-18-16-8-6-10-20-12-14-4-2/h3-12,19-20H2,1-2H3. The van der Waals surface area contributed by atoms with Gasteiger partial charge in [-0.05, 0) is 46.3 Å². The molecule has 0 fully saturated rings. The smallest absolute Gasteiger partial charge is 0.0516 e. The molecule has 0 unspecified atom stereocenters. The Morgan fingerprint density at radius 3 is 1.60 bits per heavy atom. The molecule has 0 atom stereocenters. The van der Waals surface area contributed by atoms with Crippen LogP contribution < -0.4 is 0 Å². The van der Waals surface area contributed by atoms with Gasteiger partial charge < -0.3 is 9.47 Å². The summed E-state index contributed by atoms with van der Waals surface area (Å²) in [4.78, 5) is 0. The molecule has 122 valence electrons. The minimum atomic E-state index is 0.0771. The highest BCUT2D eigenvalue weighted by molar-refractivity contribution is 9.26. The number of hydrogen-bond acceptors (Lipinski definition) is 6. The van der Waals surface area contributed by atoms with Crippen molar-refractivity contribution in [1.29, 1.82) is 0 Å². The van der Waals surface area contributed by atoms with E-state index in [1.165, 1.54) is 36.4 Å². The summed E-state index contributed by atoms with van der Waals surface area (Å²) in [6.07, 6.45) is 4.91. The van der Waals surface area contributed by atoms with Crippen molar-refractivity contribution < 1.29 is 9.47 Å². The van der Waals surface area contributed by atoms with Crippen molar-refractivity contribution in [2.45, 2.75) is 38.8 Å². The van der Waals surface area contributed by atoms with Crippen LogP contribution in [-0.4, -0.2) is 56.2 Å². The Hall–Kier alpha value is 1.75. The first-order valence-corrected chi connectivity index (χ1v) is 16.8. The van der Waals surface area contributed by atoms with Gasteiger partial charge in [-0.1, -0.05) is 33.7 Å². The summed E-state index contributed by atoms with van der Waals surface area (Å²) in [7, 11) is 8.12. The molecule has 0 N–H and O–H groups in total. The van der Waals surface area contributed by atoms with Crippen molar-refractivity contribution in [1.82, 2.24) is 0 Å². The Morgan fingerprint density at radius 1 is 0.750 bits per heavy atom. The topological polar surface area (TPSA) is 18.5 Å². The lowest BCUT2D eigenvalue weighted by Crippen LogP contribution is -2.03. The Bertz CT molecular complexity index is 164. The van der Waals surface area contributed by atoms with E-state index in [0.717, 1.165) is 25.7 Å². The van der Waals surface area contributed by atoms with Crippen LogP contribution in [0.3, 0.4) is 0 Å². The SMILES string of the molecule is CCOC[SiH2]CCCSSSSCCC[SiH2]COCC. The van der Waals surface area contributed by atoms with Crippen LogP contribution >= 0.6 is 41.2 Å². The maximum Gasteiger partial charge on any atom is 0.0516 e. The largest absolute Gasteiger partial charge is 0.386 e. The highest BCUT2D eigenvalue weighted by Crippen LogP contribution is 2.43. The van der Waals surface area contributed by atoms with Gasteiger partial charge in [-0.25, -0.2) is 0 Å². The van der Waals surface area contributed by atoms with Crippen LogP contribution in [0.1, 0.15) is 26.7 Å². The second-order valence-electron chi connectivity index (χ2n) is 4.30. The van der Waals surface area contributed by atoms with Gasteiger partial charge >= 0.3 is 0 Å². The van der Waals surface area contributed by atoms with Crippen LogP contribution in [0.2, 0.25) is 12.1 Å². The zero-order valence-electron chi connectivity index (χ0n) is 12.9. The summed E-state index contributed by atoms with van der Waals surface area (Å²) in [5.74, 6) is 2.61. The second-order valence-corrected chi connectivity index (χ2v) is 14.2. The molecule has 2 nitrogen and oxygen atoms in total. The van der Waals surface area contributed by atoms with Crippen LogP contribution in [0.4, 0.5) is 0 Å². The molecule has 0 aromatic heterocycles. The van der Waals surface area contributed by atoms with Crippen LogP contribution in [-0.2, 0) is 9.47 Å². The van der Waals surface area contributed by atoms with E-state index in [-0.39, 0.29) is 19.0 Å². The van der Waals surface area contributed by atoms with Gasteiger partial charge in [0.15, 0.2) is 0 Å². The van der Waals surface area contributed by atoms with Gasteiger partial charge in [0, 0.05) is 37.2 Å². The van der Waals surface area contributed by atoms with Crippen LogP contribution in [0.5, 0.6) is 0 Å². The van der Waals surface area contributed by atoms with Gasteiger partial charge in [0.2, 0.25) is 0 Å². The summed E-state index contributed by atoms with van der Waals surface area (Å²) in [5.41, 5.74) is 0. The van der Waals surface area contributed by atoms with Gasteiger partial charge in [-0.3, -0.25) is 0 Å². The fourth-order valence-corrected chi connectivity index (χ4v) is 11.1. The summed E-state index contributed by atoms with van der Waals surface area (Å²) in [6.45, 7) is 5.94. The van der Waals surface area contributed by atoms with E-state index in [4.69, 9.17) is 9.47 Å². The highest BCUT2D eigenvalue weighted by Gasteiger charge is 1.96. The molecule has 0 heterocycles.